The number of pyridine rings is 1. The van der Waals surface area contributed by atoms with Crippen molar-refractivity contribution in [3.05, 3.63) is 64.1 Å². The van der Waals surface area contributed by atoms with E-state index in [1.807, 2.05) is 0 Å². The Hall–Kier alpha value is -2.75. The molecule has 0 saturated heterocycles. The minimum Gasteiger partial charge on any atom is -0.364 e. The van der Waals surface area contributed by atoms with E-state index in [2.05, 4.69) is 10.1 Å². The highest BCUT2D eigenvalue weighted by Crippen LogP contribution is 2.37. The average Bonchev–Trinajstić information content (AvgIpc) is 3.12. The molecule has 0 fully saturated rings. The van der Waals surface area contributed by atoms with Crippen LogP contribution in [-0.2, 0) is 0 Å². The standard InChI is InChI=1S/C21H13Cl2F4N3O2/c22-10-5-6-12(14(23)7-10)16-8-13(11-3-1-2-4-15(11)28-16)19(31)30-21(32,20(26)27)9-17(29-30)18(24)25/h1-8,18,20,32H,9H2. The first-order valence-corrected chi connectivity index (χ1v) is 9.93. The molecule has 1 unspecified atom stereocenters. The molecule has 32 heavy (non-hydrogen) atoms. The van der Waals surface area contributed by atoms with E-state index in [4.69, 9.17) is 23.2 Å². The fourth-order valence-corrected chi connectivity index (χ4v) is 3.91. The summed E-state index contributed by atoms with van der Waals surface area (Å²) in [6.45, 7) is 0. The van der Waals surface area contributed by atoms with Gasteiger partial charge in [-0.15, -0.1) is 0 Å². The van der Waals surface area contributed by atoms with Crippen molar-refractivity contribution in [1.82, 2.24) is 9.99 Å². The van der Waals surface area contributed by atoms with Gasteiger partial charge in [-0.1, -0.05) is 41.4 Å². The number of hydrogen-bond donors (Lipinski definition) is 1. The monoisotopic (exact) mass is 485 g/mol. The lowest BCUT2D eigenvalue weighted by atomic mass is 10.0. The van der Waals surface area contributed by atoms with Gasteiger partial charge in [0.2, 0.25) is 5.72 Å². The molecule has 11 heteroatoms. The molecule has 2 aromatic carbocycles. The predicted octanol–water partition coefficient (Wildman–Crippen LogP) is 5.63. The van der Waals surface area contributed by atoms with Crippen LogP contribution in [0.25, 0.3) is 22.2 Å². The first-order chi connectivity index (χ1) is 15.1. The number of rotatable bonds is 4. The maximum absolute atomic E-state index is 13.6. The summed E-state index contributed by atoms with van der Waals surface area (Å²) in [5.41, 5.74) is -3.46. The molecule has 166 valence electrons. The maximum Gasteiger partial charge on any atom is 0.287 e. The van der Waals surface area contributed by atoms with Crippen LogP contribution in [0.2, 0.25) is 10.0 Å². The molecule has 1 atom stereocenters. The second kappa shape index (κ2) is 8.31. The zero-order valence-corrected chi connectivity index (χ0v) is 17.5. The summed E-state index contributed by atoms with van der Waals surface area (Å²) in [5, 5.41) is 14.6. The number of carbonyl (C=O) groups is 1. The van der Waals surface area contributed by atoms with Gasteiger partial charge < -0.3 is 5.11 Å². The molecule has 0 bridgehead atoms. The molecule has 4 rings (SSSR count). The van der Waals surface area contributed by atoms with Gasteiger partial charge in [0.05, 0.1) is 21.8 Å². The summed E-state index contributed by atoms with van der Waals surface area (Å²) in [6.07, 6.45) is -7.92. The lowest BCUT2D eigenvalue weighted by Crippen LogP contribution is -2.51. The van der Waals surface area contributed by atoms with E-state index in [0.717, 1.165) is 0 Å². The Morgan fingerprint density at radius 1 is 1.09 bits per heavy atom. The van der Waals surface area contributed by atoms with Crippen molar-refractivity contribution in [3.63, 3.8) is 0 Å². The third kappa shape index (κ3) is 3.80. The molecule has 1 aliphatic heterocycles. The van der Waals surface area contributed by atoms with Crippen molar-refractivity contribution in [1.29, 1.82) is 0 Å². The number of hydrazone groups is 1. The fourth-order valence-electron chi connectivity index (χ4n) is 3.41. The first-order valence-electron chi connectivity index (χ1n) is 9.17. The third-order valence-electron chi connectivity index (χ3n) is 4.98. The molecule has 1 N–H and O–H groups in total. The van der Waals surface area contributed by atoms with Crippen molar-refractivity contribution in [2.75, 3.05) is 0 Å². The summed E-state index contributed by atoms with van der Waals surface area (Å²) in [6, 6.07) is 12.2. The summed E-state index contributed by atoms with van der Waals surface area (Å²) < 4.78 is 53.5. The van der Waals surface area contributed by atoms with Crippen LogP contribution in [0.15, 0.2) is 53.6 Å². The first kappa shape index (κ1) is 22.4. The highest BCUT2D eigenvalue weighted by molar-refractivity contribution is 6.36. The number of alkyl halides is 4. The van der Waals surface area contributed by atoms with Gasteiger partial charge in [-0.2, -0.15) is 10.1 Å². The van der Waals surface area contributed by atoms with Crippen molar-refractivity contribution in [2.24, 2.45) is 5.10 Å². The molecule has 0 radical (unpaired) electrons. The zero-order valence-electron chi connectivity index (χ0n) is 15.9. The topological polar surface area (TPSA) is 65.8 Å². The molecule has 5 nitrogen and oxygen atoms in total. The van der Waals surface area contributed by atoms with Crippen molar-refractivity contribution >= 4 is 45.7 Å². The second-order valence-corrected chi connectivity index (χ2v) is 7.91. The number of para-hydroxylation sites is 1. The Balaban J connectivity index is 1.90. The maximum atomic E-state index is 13.6. The normalized spacial score (nSPS) is 18.7. The van der Waals surface area contributed by atoms with Crippen molar-refractivity contribution < 1.29 is 27.5 Å². The Morgan fingerprint density at radius 2 is 1.81 bits per heavy atom. The van der Waals surface area contributed by atoms with Crippen LogP contribution in [0.5, 0.6) is 0 Å². The van der Waals surface area contributed by atoms with E-state index >= 15 is 0 Å². The van der Waals surface area contributed by atoms with Crippen molar-refractivity contribution in [2.45, 2.75) is 25.0 Å². The largest absolute Gasteiger partial charge is 0.364 e. The molecule has 0 aliphatic carbocycles. The van der Waals surface area contributed by atoms with Crippen LogP contribution in [0.3, 0.4) is 0 Å². The summed E-state index contributed by atoms with van der Waals surface area (Å²) in [4.78, 5) is 17.7. The van der Waals surface area contributed by atoms with Gasteiger partial charge in [0.25, 0.3) is 18.8 Å². The van der Waals surface area contributed by atoms with E-state index in [-0.39, 0.29) is 26.7 Å². The second-order valence-electron chi connectivity index (χ2n) is 7.06. The molecular weight excluding hydrogens is 473 g/mol. The number of aromatic nitrogens is 1. The number of amides is 1. The highest BCUT2D eigenvalue weighted by Gasteiger charge is 2.53. The van der Waals surface area contributed by atoms with Gasteiger partial charge in [-0.05, 0) is 30.3 Å². The average molecular weight is 486 g/mol. The fraction of sp³-hybridized carbons (Fsp3) is 0.190. The summed E-state index contributed by atoms with van der Waals surface area (Å²) in [5.74, 6) is -1.19. The van der Waals surface area contributed by atoms with Gasteiger partial charge in [0.15, 0.2) is 0 Å². The van der Waals surface area contributed by atoms with E-state index in [1.165, 1.54) is 18.2 Å². The number of fused-ring (bicyclic) bond motifs is 1. The number of aliphatic hydroxyl groups is 1. The molecular formula is C21H13Cl2F4N3O2. The Kier molecular flexibility index (Phi) is 5.83. The number of benzene rings is 2. The summed E-state index contributed by atoms with van der Waals surface area (Å²) in [7, 11) is 0. The lowest BCUT2D eigenvalue weighted by molar-refractivity contribution is -0.164. The molecule has 3 aromatic rings. The van der Waals surface area contributed by atoms with Crippen LogP contribution in [-0.4, -0.2) is 45.3 Å². The van der Waals surface area contributed by atoms with Gasteiger partial charge >= 0.3 is 0 Å². The number of halogens is 6. The molecule has 1 aromatic heterocycles. The molecule has 1 amide bonds. The van der Waals surface area contributed by atoms with E-state index < -0.39 is 36.6 Å². The minimum atomic E-state index is -3.54. The summed E-state index contributed by atoms with van der Waals surface area (Å²) >= 11 is 12.2. The van der Waals surface area contributed by atoms with Crippen molar-refractivity contribution in [3.8, 4) is 11.3 Å². The zero-order chi connectivity index (χ0) is 23.2. The van der Waals surface area contributed by atoms with Gasteiger partial charge in [-0.25, -0.2) is 22.5 Å². The minimum absolute atomic E-state index is 0.0220. The Morgan fingerprint density at radius 3 is 2.47 bits per heavy atom. The van der Waals surface area contributed by atoms with Crippen LogP contribution in [0.4, 0.5) is 17.6 Å². The Labute approximate surface area is 188 Å². The van der Waals surface area contributed by atoms with Gasteiger partial charge in [0.1, 0.15) is 5.71 Å². The van der Waals surface area contributed by atoms with Crippen LogP contribution < -0.4 is 0 Å². The highest BCUT2D eigenvalue weighted by atomic mass is 35.5. The number of nitrogens with zero attached hydrogens (tertiary/aromatic N) is 3. The molecule has 0 spiro atoms. The van der Waals surface area contributed by atoms with Gasteiger partial charge in [-0.3, -0.25) is 4.79 Å². The molecule has 1 aliphatic rings. The van der Waals surface area contributed by atoms with E-state index in [1.54, 1.807) is 30.3 Å². The number of hydrogen-bond acceptors (Lipinski definition) is 4. The van der Waals surface area contributed by atoms with Crippen LogP contribution >= 0.6 is 23.2 Å². The predicted molar refractivity (Wildman–Crippen MR) is 112 cm³/mol. The van der Waals surface area contributed by atoms with E-state index in [0.29, 0.717) is 16.1 Å². The van der Waals surface area contributed by atoms with Crippen LogP contribution in [0, 0.1) is 0 Å². The quantitative estimate of drug-likeness (QED) is 0.487. The smallest absolute Gasteiger partial charge is 0.287 e. The SMILES string of the molecule is O=C(c1cc(-c2ccc(Cl)cc2Cl)nc2ccccc12)N1N=C(C(F)F)CC1(O)C(F)F. The molecule has 2 heterocycles. The van der Waals surface area contributed by atoms with Gasteiger partial charge in [0, 0.05) is 22.4 Å². The number of carbonyl (C=O) groups excluding carboxylic acids is 1. The Bertz CT molecular complexity index is 1250. The third-order valence-corrected chi connectivity index (χ3v) is 5.53. The molecule has 0 saturated carbocycles. The van der Waals surface area contributed by atoms with Crippen LogP contribution in [0.1, 0.15) is 16.8 Å². The lowest BCUT2D eigenvalue weighted by Gasteiger charge is -2.30. The van der Waals surface area contributed by atoms with E-state index in [9.17, 15) is 27.5 Å².